The van der Waals surface area contributed by atoms with Gasteiger partial charge in [-0.3, -0.25) is 0 Å². The molecule has 0 atom stereocenters. The molecule has 1 aromatic heterocycles. The van der Waals surface area contributed by atoms with Gasteiger partial charge in [0.05, 0.1) is 0 Å². The third-order valence-corrected chi connectivity index (χ3v) is 2.96. The van der Waals surface area contributed by atoms with Crippen molar-refractivity contribution in [2.75, 3.05) is 0 Å². The first-order chi connectivity index (χ1) is 6.61. The summed E-state index contributed by atoms with van der Waals surface area (Å²) in [4.78, 5) is 0. The zero-order chi connectivity index (χ0) is 11.9. The second-order valence-electron chi connectivity index (χ2n) is 4.52. The van der Waals surface area contributed by atoms with E-state index in [4.69, 9.17) is 15.2 Å². The van der Waals surface area contributed by atoms with Crippen LogP contribution in [0.25, 0.3) is 0 Å². The monoisotopic (exact) mass is 251 g/mol. The smallest absolute Gasteiger partial charge is 0.238 e. The summed E-state index contributed by atoms with van der Waals surface area (Å²) in [7, 11) is 1.57. The zero-order valence-electron chi connectivity index (χ0n) is 9.17. The Morgan fingerprint density at radius 3 is 2.27 bits per heavy atom. The summed E-state index contributed by atoms with van der Waals surface area (Å²) in [5.74, 6) is 0.401. The Bertz CT molecular complexity index is 456. The maximum atomic E-state index is 10.9. The van der Waals surface area contributed by atoms with Crippen LogP contribution in [0.3, 0.4) is 0 Å². The minimum atomic E-state index is -3.58. The Hall–Kier alpha value is -0.550. The highest BCUT2D eigenvalue weighted by atomic mass is 35.7. The van der Waals surface area contributed by atoms with Crippen molar-refractivity contribution in [2.24, 2.45) is 0 Å². The van der Waals surface area contributed by atoms with E-state index in [1.54, 1.807) is 6.92 Å². The van der Waals surface area contributed by atoms with Gasteiger partial charge in [-0.15, -0.1) is 0 Å². The molecule has 0 N–H and O–H groups in total. The van der Waals surface area contributed by atoms with Crippen LogP contribution in [0.15, 0.2) is 4.52 Å². The quantitative estimate of drug-likeness (QED) is 0.757. The zero-order valence-corrected chi connectivity index (χ0v) is 10.7. The molecule has 0 fully saturated rings. The summed E-state index contributed by atoms with van der Waals surface area (Å²) >= 11 is 0. The van der Waals surface area contributed by atoms with Crippen molar-refractivity contribution in [3.63, 3.8) is 0 Å². The Balaban J connectivity index is 3.11. The molecule has 0 spiro atoms. The minimum absolute atomic E-state index is 0.189. The number of aromatic nitrogens is 1. The first-order valence-corrected chi connectivity index (χ1v) is 6.97. The van der Waals surface area contributed by atoms with Crippen molar-refractivity contribution in [2.45, 2.75) is 38.9 Å². The molecule has 1 heterocycles. The number of halogens is 1. The minimum Gasteiger partial charge on any atom is -0.360 e. The first-order valence-electron chi connectivity index (χ1n) is 4.49. The number of hydrogen-bond donors (Lipinski definition) is 0. The summed E-state index contributed by atoms with van der Waals surface area (Å²) in [5, 5.41) is 3.73. The molecule has 0 aromatic carbocycles. The fourth-order valence-electron chi connectivity index (χ4n) is 1.37. The molecule has 0 radical (unpaired) electrons. The second-order valence-corrected chi connectivity index (χ2v) is 7.29. The van der Waals surface area contributed by atoms with Crippen molar-refractivity contribution in [3.8, 4) is 0 Å². The molecule has 0 unspecified atom stereocenters. The molecule has 6 heteroatoms. The molecule has 0 aliphatic rings. The van der Waals surface area contributed by atoms with E-state index in [9.17, 15) is 8.42 Å². The predicted molar refractivity (Wildman–Crippen MR) is 58.4 cm³/mol. The fraction of sp³-hybridized carbons (Fsp3) is 0.667. The van der Waals surface area contributed by atoms with Gasteiger partial charge in [0, 0.05) is 21.7 Å². The number of nitrogens with zero attached hydrogens (tertiary/aromatic N) is 1. The van der Waals surface area contributed by atoms with Crippen LogP contribution in [0.5, 0.6) is 0 Å². The number of hydrogen-bond acceptors (Lipinski definition) is 4. The topological polar surface area (TPSA) is 60.2 Å². The van der Waals surface area contributed by atoms with Gasteiger partial charge in [-0.1, -0.05) is 25.9 Å². The highest BCUT2D eigenvalue weighted by molar-refractivity contribution is 8.13. The van der Waals surface area contributed by atoms with Crippen molar-refractivity contribution < 1.29 is 12.9 Å². The third kappa shape index (κ3) is 3.21. The summed E-state index contributed by atoms with van der Waals surface area (Å²) in [6.07, 6.45) is 0. The Kier molecular flexibility index (Phi) is 3.16. The lowest BCUT2D eigenvalue weighted by Crippen LogP contribution is -2.11. The van der Waals surface area contributed by atoms with Crippen LogP contribution in [0.2, 0.25) is 0 Å². The molecule has 1 aromatic rings. The molecule has 86 valence electrons. The summed E-state index contributed by atoms with van der Waals surface area (Å²) in [6.45, 7) is 7.70. The van der Waals surface area contributed by atoms with Crippen LogP contribution in [0, 0.1) is 6.92 Å². The fourth-order valence-corrected chi connectivity index (χ4v) is 2.27. The van der Waals surface area contributed by atoms with Gasteiger partial charge in [-0.25, -0.2) is 8.42 Å². The number of rotatable bonds is 2. The van der Waals surface area contributed by atoms with Crippen LogP contribution >= 0.6 is 10.7 Å². The van der Waals surface area contributed by atoms with E-state index < -0.39 is 9.05 Å². The van der Waals surface area contributed by atoms with Gasteiger partial charge in [0.25, 0.3) is 0 Å². The average molecular weight is 252 g/mol. The van der Waals surface area contributed by atoms with Gasteiger partial charge in [-0.05, 0) is 6.92 Å². The van der Waals surface area contributed by atoms with E-state index in [0.29, 0.717) is 11.5 Å². The van der Waals surface area contributed by atoms with Crippen LogP contribution in [-0.4, -0.2) is 13.6 Å². The van der Waals surface area contributed by atoms with Crippen molar-refractivity contribution in [3.05, 3.63) is 17.0 Å². The van der Waals surface area contributed by atoms with Crippen molar-refractivity contribution >= 4 is 19.7 Å². The highest BCUT2D eigenvalue weighted by Crippen LogP contribution is 2.28. The lowest BCUT2D eigenvalue weighted by molar-refractivity contribution is 0.325. The normalized spacial score (nSPS) is 13.1. The van der Waals surface area contributed by atoms with Crippen LogP contribution < -0.4 is 0 Å². The molecule has 0 aliphatic carbocycles. The second kappa shape index (κ2) is 3.79. The lowest BCUT2D eigenvalue weighted by atomic mass is 9.90. The van der Waals surface area contributed by atoms with Gasteiger partial charge < -0.3 is 4.52 Å². The molecule has 0 saturated heterocycles. The molecule has 0 aliphatic heterocycles. The molecular formula is C9H14ClNO3S. The van der Waals surface area contributed by atoms with Crippen LogP contribution in [-0.2, 0) is 20.2 Å². The van der Waals surface area contributed by atoms with Gasteiger partial charge in [-0.2, -0.15) is 0 Å². The Morgan fingerprint density at radius 2 is 1.93 bits per heavy atom. The maximum absolute atomic E-state index is 10.9. The van der Waals surface area contributed by atoms with E-state index >= 15 is 0 Å². The van der Waals surface area contributed by atoms with E-state index in [-0.39, 0.29) is 11.2 Å². The van der Waals surface area contributed by atoms with Crippen LogP contribution in [0.1, 0.15) is 37.8 Å². The summed E-state index contributed by atoms with van der Waals surface area (Å²) < 4.78 is 26.9. The van der Waals surface area contributed by atoms with Gasteiger partial charge >= 0.3 is 0 Å². The highest BCUT2D eigenvalue weighted by Gasteiger charge is 2.25. The van der Waals surface area contributed by atoms with Crippen LogP contribution in [0.4, 0.5) is 0 Å². The molecule has 0 amide bonds. The molecule has 15 heavy (non-hydrogen) atoms. The van der Waals surface area contributed by atoms with E-state index in [1.165, 1.54) is 0 Å². The van der Waals surface area contributed by atoms with E-state index in [2.05, 4.69) is 5.16 Å². The maximum Gasteiger partial charge on any atom is 0.238 e. The molecule has 0 bridgehead atoms. The molecular weight excluding hydrogens is 238 g/mol. The average Bonchev–Trinajstić information content (AvgIpc) is 2.27. The molecule has 1 rings (SSSR count). The predicted octanol–water partition coefficient (Wildman–Crippen LogP) is 2.35. The summed E-state index contributed by atoms with van der Waals surface area (Å²) in [5.41, 5.74) is 0.951. The first kappa shape index (κ1) is 12.5. The molecule has 0 saturated carbocycles. The standard InChI is InChI=1S/C9H14ClNO3S/c1-6-7(5-15(10,12)13)11-14-8(6)9(2,3)4/h5H2,1-4H3. The lowest BCUT2D eigenvalue weighted by Gasteiger charge is -2.14. The Morgan fingerprint density at radius 1 is 1.40 bits per heavy atom. The largest absolute Gasteiger partial charge is 0.360 e. The van der Waals surface area contributed by atoms with Crippen molar-refractivity contribution in [1.82, 2.24) is 5.16 Å². The van der Waals surface area contributed by atoms with E-state index in [1.807, 2.05) is 20.8 Å². The molecule has 4 nitrogen and oxygen atoms in total. The Labute approximate surface area is 94.0 Å². The van der Waals surface area contributed by atoms with Gasteiger partial charge in [0.15, 0.2) is 0 Å². The van der Waals surface area contributed by atoms with Crippen molar-refractivity contribution in [1.29, 1.82) is 0 Å². The summed E-state index contributed by atoms with van der Waals surface area (Å²) in [6, 6.07) is 0. The van der Waals surface area contributed by atoms with Gasteiger partial charge in [0.1, 0.15) is 17.2 Å². The SMILES string of the molecule is Cc1c(CS(=O)(=O)Cl)noc1C(C)(C)C. The van der Waals surface area contributed by atoms with E-state index in [0.717, 1.165) is 5.56 Å². The van der Waals surface area contributed by atoms with Gasteiger partial charge in [0.2, 0.25) is 9.05 Å². The third-order valence-electron chi connectivity index (χ3n) is 2.01.